The lowest BCUT2D eigenvalue weighted by molar-refractivity contribution is -0.143. The average Bonchev–Trinajstić information content (AvgIpc) is 2.97. The van der Waals surface area contributed by atoms with Crippen LogP contribution in [-0.2, 0) is 19.1 Å². The summed E-state index contributed by atoms with van der Waals surface area (Å²) < 4.78 is 26.4. The van der Waals surface area contributed by atoms with Crippen LogP contribution in [0.3, 0.4) is 0 Å². The maximum Gasteiger partial charge on any atom is 0.343 e. The third-order valence-corrected chi connectivity index (χ3v) is 6.30. The highest BCUT2D eigenvalue weighted by Crippen LogP contribution is 2.50. The number of phenolic OH excluding ortho intramolecular Hbond substituents is 3. The first-order valence-corrected chi connectivity index (χ1v) is 11.9. The molecule has 1 aromatic heterocycles. The summed E-state index contributed by atoms with van der Waals surface area (Å²) in [5.41, 5.74) is -0.231. The molecule has 4 rings (SSSR count). The third kappa shape index (κ3) is 5.35. The summed E-state index contributed by atoms with van der Waals surface area (Å²) in [6, 6.07) is 14.3. The Morgan fingerprint density at radius 3 is 2.20 bits per heavy atom. The van der Waals surface area contributed by atoms with Crippen molar-refractivity contribution in [3.63, 3.8) is 0 Å². The van der Waals surface area contributed by atoms with Crippen LogP contribution in [0.25, 0.3) is 22.3 Å². The lowest BCUT2D eigenvalue weighted by Crippen LogP contribution is -2.14. The predicted octanol–water partition coefficient (Wildman–Crippen LogP) is 3.83. The molecule has 0 aliphatic carbocycles. The molecule has 1 heterocycles. The fourth-order valence-corrected chi connectivity index (χ4v) is 4.30. The van der Waals surface area contributed by atoms with E-state index in [4.69, 9.17) is 18.6 Å². The maximum absolute atomic E-state index is 13.2. The Balaban J connectivity index is 2.01. The molecule has 1 unspecified atom stereocenters. The van der Waals surface area contributed by atoms with Crippen molar-refractivity contribution < 1.29 is 48.3 Å². The summed E-state index contributed by atoms with van der Waals surface area (Å²) in [7, 11) is 3.77. The number of hydrogen-bond acceptors (Lipinski definition) is 11. The molecule has 0 spiro atoms. The predicted molar refractivity (Wildman–Crippen MR) is 142 cm³/mol. The van der Waals surface area contributed by atoms with E-state index < -0.39 is 52.5 Å². The van der Waals surface area contributed by atoms with E-state index in [0.717, 1.165) is 6.07 Å². The number of carbonyl (C=O) groups excluding carboxylic acids is 2. The van der Waals surface area contributed by atoms with Crippen molar-refractivity contribution >= 4 is 22.9 Å². The first kappa shape index (κ1) is 27.8. The van der Waals surface area contributed by atoms with Crippen LogP contribution >= 0.6 is 0 Å². The molecule has 208 valence electrons. The van der Waals surface area contributed by atoms with Crippen molar-refractivity contribution in [3.05, 3.63) is 75.9 Å². The highest BCUT2D eigenvalue weighted by molar-refractivity contribution is 5.93. The van der Waals surface area contributed by atoms with Crippen LogP contribution in [0, 0.1) is 0 Å². The minimum Gasteiger partial charge on any atom is -0.504 e. The van der Waals surface area contributed by atoms with E-state index in [1.54, 1.807) is 36.4 Å². The Bertz CT molecular complexity index is 1620. The molecule has 3 aromatic carbocycles. The van der Waals surface area contributed by atoms with Crippen molar-refractivity contribution in [2.75, 3.05) is 27.9 Å². The lowest BCUT2D eigenvalue weighted by atomic mass is 9.86. The second-order valence-electron chi connectivity index (χ2n) is 8.61. The first-order valence-electron chi connectivity index (χ1n) is 11.9. The van der Waals surface area contributed by atoms with E-state index in [-0.39, 0.29) is 34.8 Å². The number of carbonyl (C=O) groups is 2. The van der Waals surface area contributed by atoms with E-state index in [2.05, 4.69) is 4.74 Å². The molecule has 0 aliphatic heterocycles. The standard InChI is InChI=1S/C29H26O11/c1-36-19-10-9-16(11-21(19)39-14-23(32)38-3)17(12-22(31)37-2)24-26(33)28(35)27(34)25-18(30)13-20(40-29(24)25)15-7-5-4-6-8-15/h4-11,13,17,33-35H,12,14H2,1-3H3. The summed E-state index contributed by atoms with van der Waals surface area (Å²) in [5.74, 6) is -4.60. The molecule has 0 saturated carbocycles. The van der Waals surface area contributed by atoms with Gasteiger partial charge in [-0.1, -0.05) is 36.4 Å². The number of fused-ring (bicyclic) bond motifs is 1. The van der Waals surface area contributed by atoms with Crippen molar-refractivity contribution in [2.24, 2.45) is 0 Å². The van der Waals surface area contributed by atoms with Crippen LogP contribution in [0.5, 0.6) is 28.7 Å². The smallest absolute Gasteiger partial charge is 0.343 e. The van der Waals surface area contributed by atoms with Crippen LogP contribution in [0.1, 0.15) is 23.5 Å². The molecule has 11 heteroatoms. The second-order valence-corrected chi connectivity index (χ2v) is 8.61. The number of methoxy groups -OCH3 is 3. The van der Waals surface area contributed by atoms with Crippen LogP contribution in [-0.4, -0.2) is 55.2 Å². The van der Waals surface area contributed by atoms with Gasteiger partial charge in [0.05, 0.1) is 27.8 Å². The van der Waals surface area contributed by atoms with Gasteiger partial charge in [-0.3, -0.25) is 9.59 Å². The molecule has 0 fully saturated rings. The monoisotopic (exact) mass is 550 g/mol. The summed E-state index contributed by atoms with van der Waals surface area (Å²) in [6.07, 6.45) is -0.384. The van der Waals surface area contributed by atoms with Gasteiger partial charge in [0.15, 0.2) is 35.0 Å². The van der Waals surface area contributed by atoms with Crippen LogP contribution in [0.2, 0.25) is 0 Å². The highest BCUT2D eigenvalue weighted by atomic mass is 16.6. The van der Waals surface area contributed by atoms with Crippen molar-refractivity contribution in [2.45, 2.75) is 12.3 Å². The van der Waals surface area contributed by atoms with E-state index >= 15 is 0 Å². The van der Waals surface area contributed by atoms with Crippen LogP contribution in [0.15, 0.2) is 63.8 Å². The van der Waals surface area contributed by atoms with Crippen LogP contribution < -0.4 is 14.9 Å². The van der Waals surface area contributed by atoms with Crippen molar-refractivity contribution in [1.29, 1.82) is 0 Å². The summed E-state index contributed by atoms with van der Waals surface area (Å²) in [4.78, 5) is 37.4. The molecular formula is C29H26O11. The Kier molecular flexibility index (Phi) is 8.13. The highest BCUT2D eigenvalue weighted by Gasteiger charge is 2.32. The molecule has 11 nitrogen and oxygen atoms in total. The van der Waals surface area contributed by atoms with Gasteiger partial charge in [-0.25, -0.2) is 4.79 Å². The second kappa shape index (κ2) is 11.7. The van der Waals surface area contributed by atoms with Gasteiger partial charge in [-0.2, -0.15) is 0 Å². The van der Waals surface area contributed by atoms with Gasteiger partial charge in [0.25, 0.3) is 0 Å². The number of hydrogen-bond donors (Lipinski definition) is 3. The zero-order valence-electron chi connectivity index (χ0n) is 21.8. The first-order chi connectivity index (χ1) is 19.2. The van der Waals surface area contributed by atoms with Gasteiger partial charge in [-0.15, -0.1) is 0 Å². The van der Waals surface area contributed by atoms with Gasteiger partial charge in [0, 0.05) is 23.1 Å². The number of phenols is 3. The van der Waals surface area contributed by atoms with Crippen LogP contribution in [0.4, 0.5) is 0 Å². The van der Waals surface area contributed by atoms with Gasteiger partial charge >= 0.3 is 11.9 Å². The molecule has 0 amide bonds. The summed E-state index contributed by atoms with van der Waals surface area (Å²) in [6.45, 7) is -0.443. The minimum atomic E-state index is -1.10. The zero-order valence-corrected chi connectivity index (χ0v) is 21.8. The average molecular weight is 551 g/mol. The fourth-order valence-electron chi connectivity index (χ4n) is 4.30. The molecule has 4 aromatic rings. The molecule has 0 aliphatic rings. The minimum absolute atomic E-state index is 0.110. The molecule has 40 heavy (non-hydrogen) atoms. The zero-order chi connectivity index (χ0) is 29.0. The number of benzene rings is 3. The van der Waals surface area contributed by atoms with E-state index in [0.29, 0.717) is 11.1 Å². The molecular weight excluding hydrogens is 524 g/mol. The third-order valence-electron chi connectivity index (χ3n) is 6.30. The lowest BCUT2D eigenvalue weighted by Gasteiger charge is -2.22. The maximum atomic E-state index is 13.2. The summed E-state index contributed by atoms with van der Waals surface area (Å²) in [5, 5.41) is 31.9. The van der Waals surface area contributed by atoms with Gasteiger partial charge < -0.3 is 38.7 Å². The Morgan fingerprint density at radius 2 is 1.55 bits per heavy atom. The largest absolute Gasteiger partial charge is 0.504 e. The number of esters is 2. The number of ether oxygens (including phenoxy) is 4. The molecule has 0 radical (unpaired) electrons. The van der Waals surface area contributed by atoms with Gasteiger partial charge in [0.2, 0.25) is 5.75 Å². The van der Waals surface area contributed by atoms with E-state index in [9.17, 15) is 29.7 Å². The fraction of sp³-hybridized carbons (Fsp3) is 0.207. The molecule has 3 N–H and O–H groups in total. The molecule has 1 atom stereocenters. The quantitative estimate of drug-likeness (QED) is 0.205. The van der Waals surface area contributed by atoms with Gasteiger partial charge in [0.1, 0.15) is 16.7 Å². The van der Waals surface area contributed by atoms with Crippen molar-refractivity contribution in [1.82, 2.24) is 0 Å². The topological polar surface area (TPSA) is 162 Å². The SMILES string of the molecule is COC(=O)COc1cc(C(CC(=O)OC)c2c(O)c(O)c(O)c3c(=O)cc(-c4ccccc4)oc23)ccc1OC. The Morgan fingerprint density at radius 1 is 0.850 bits per heavy atom. The molecule has 0 saturated heterocycles. The number of aromatic hydroxyl groups is 3. The number of rotatable bonds is 9. The normalized spacial score (nSPS) is 11.6. The Labute approximate surface area is 227 Å². The van der Waals surface area contributed by atoms with E-state index in [1.807, 2.05) is 0 Å². The van der Waals surface area contributed by atoms with Gasteiger partial charge in [-0.05, 0) is 17.7 Å². The summed E-state index contributed by atoms with van der Waals surface area (Å²) >= 11 is 0. The van der Waals surface area contributed by atoms with Crippen molar-refractivity contribution in [3.8, 4) is 40.1 Å². The van der Waals surface area contributed by atoms with E-state index in [1.165, 1.54) is 33.5 Å². The molecule has 0 bridgehead atoms. The Hall–Kier alpha value is -5.19.